The molecule has 6 atom stereocenters. The summed E-state index contributed by atoms with van der Waals surface area (Å²) >= 11 is 0. The van der Waals surface area contributed by atoms with Gasteiger partial charge in [0, 0.05) is 32.6 Å². The zero-order valence-electron chi connectivity index (χ0n) is 19.4. The molecule has 2 heterocycles. The maximum atomic E-state index is 12.5. The fourth-order valence-corrected chi connectivity index (χ4v) is 5.00. The Kier molecular flexibility index (Phi) is 11.9. The number of aromatic amines is 1. The lowest BCUT2D eigenvalue weighted by Gasteiger charge is -2.25. The van der Waals surface area contributed by atoms with E-state index in [1.54, 1.807) is 0 Å². The van der Waals surface area contributed by atoms with Gasteiger partial charge in [-0.3, -0.25) is 28.0 Å². The Morgan fingerprint density at radius 2 is 1.89 bits per heavy atom. The third-order valence-corrected chi connectivity index (χ3v) is 6.87. The van der Waals surface area contributed by atoms with Gasteiger partial charge in [0.15, 0.2) is 6.23 Å². The molecule has 17 heteroatoms. The average Bonchev–Trinajstić information content (AvgIpc) is 3.11. The molecule has 0 aliphatic carbocycles. The molecule has 1 aromatic rings. The highest BCUT2D eigenvalue weighted by Gasteiger charge is 2.50. The molecule has 0 radical (unpaired) electrons. The first kappa shape index (κ1) is 30.0. The van der Waals surface area contributed by atoms with Gasteiger partial charge < -0.3 is 33.6 Å². The minimum absolute atomic E-state index is 0.125. The number of H-pyrrole nitrogens is 1. The van der Waals surface area contributed by atoms with Gasteiger partial charge in [-0.05, 0) is 19.3 Å². The molecule has 1 fully saturated rings. The number of phosphoric ester groups is 1. The molecule has 1 saturated heterocycles. The highest BCUT2D eigenvalue weighted by atomic mass is 31.2. The Bertz CT molecular complexity index is 999. The van der Waals surface area contributed by atoms with E-state index in [0.29, 0.717) is 12.8 Å². The largest absolute Gasteiger partial charge is 0.472 e. The Hall–Kier alpha value is -1.22. The van der Waals surface area contributed by atoms with Crippen molar-refractivity contribution in [3.8, 4) is 0 Å². The van der Waals surface area contributed by atoms with E-state index in [9.17, 15) is 28.5 Å². The first-order chi connectivity index (χ1) is 16.5. The van der Waals surface area contributed by atoms with Crippen molar-refractivity contribution in [2.45, 2.75) is 50.7 Å². The molecule has 202 valence electrons. The number of ether oxygens (including phenoxy) is 3. The number of aliphatic hydroxyl groups is 1. The number of rotatable bonds is 16. The van der Waals surface area contributed by atoms with Crippen molar-refractivity contribution in [2.75, 3.05) is 39.9 Å². The summed E-state index contributed by atoms with van der Waals surface area (Å²) in [4.78, 5) is 46.0. The molecule has 0 amide bonds. The minimum atomic E-state index is -4.69. The number of aromatic nitrogens is 2. The van der Waals surface area contributed by atoms with Crippen LogP contribution in [0.1, 0.15) is 32.4 Å². The van der Waals surface area contributed by atoms with Crippen molar-refractivity contribution in [2.24, 2.45) is 0 Å². The summed E-state index contributed by atoms with van der Waals surface area (Å²) in [6.07, 6.45) is -3.31. The van der Waals surface area contributed by atoms with Crippen LogP contribution in [0.5, 0.6) is 0 Å². The molecule has 15 nitrogen and oxygen atoms in total. The van der Waals surface area contributed by atoms with Gasteiger partial charge in [0.05, 0.1) is 13.2 Å². The Morgan fingerprint density at radius 3 is 2.51 bits per heavy atom. The predicted octanol–water partition coefficient (Wildman–Crippen LogP) is 0.310. The van der Waals surface area contributed by atoms with E-state index in [1.165, 1.54) is 7.11 Å². The molecule has 35 heavy (non-hydrogen) atoms. The van der Waals surface area contributed by atoms with E-state index in [0.717, 1.165) is 16.8 Å². The van der Waals surface area contributed by atoms with Gasteiger partial charge in [0.25, 0.3) is 5.56 Å². The van der Waals surface area contributed by atoms with Crippen molar-refractivity contribution in [3.63, 3.8) is 0 Å². The van der Waals surface area contributed by atoms with Crippen LogP contribution in [0, 0.1) is 0 Å². The van der Waals surface area contributed by atoms with Gasteiger partial charge in [-0.25, -0.2) is 9.36 Å². The van der Waals surface area contributed by atoms with Gasteiger partial charge in [0.1, 0.15) is 24.7 Å². The van der Waals surface area contributed by atoms with Crippen LogP contribution in [-0.2, 0) is 36.9 Å². The maximum absolute atomic E-state index is 12.5. The van der Waals surface area contributed by atoms with Gasteiger partial charge in [0.2, 0.25) is 0 Å². The molecule has 4 N–H and O–H groups in total. The molecule has 2 rings (SSSR count). The molecule has 0 spiro atoms. The number of nitrogens with zero attached hydrogens (tertiary/aromatic N) is 1. The summed E-state index contributed by atoms with van der Waals surface area (Å²) < 4.78 is 57.2. The zero-order chi connectivity index (χ0) is 26.1. The van der Waals surface area contributed by atoms with Crippen LogP contribution in [0.2, 0.25) is 0 Å². The third-order valence-electron chi connectivity index (χ3n) is 4.79. The van der Waals surface area contributed by atoms with Crippen LogP contribution in [-0.4, -0.2) is 82.6 Å². The monoisotopic (exact) mass is 546 g/mol. The number of methoxy groups -OCH3 is 1. The van der Waals surface area contributed by atoms with E-state index in [2.05, 4.69) is 4.98 Å². The van der Waals surface area contributed by atoms with E-state index in [1.807, 2.05) is 6.92 Å². The summed E-state index contributed by atoms with van der Waals surface area (Å²) in [6.45, 7) is 1.15. The normalized spacial score (nSPS) is 25.9. The summed E-state index contributed by atoms with van der Waals surface area (Å²) in [6, 6.07) is 1.06. The van der Waals surface area contributed by atoms with Crippen LogP contribution in [0.4, 0.5) is 0 Å². The SMILES string of the molecule is CCCOCP(=O)(O)OC[C@H]1O[C@@H](n2ccc(=O)[nH]c2=O)[C@H](OC)C1OP(=O)(O)OCCCCO. The number of hydrogen-bond acceptors (Lipinski definition) is 11. The van der Waals surface area contributed by atoms with E-state index < -0.39 is 64.2 Å². The highest BCUT2D eigenvalue weighted by Crippen LogP contribution is 2.50. The van der Waals surface area contributed by atoms with E-state index in [-0.39, 0.29) is 26.2 Å². The topological polar surface area (TPSA) is 205 Å². The molecule has 0 aromatic carbocycles. The second-order valence-electron chi connectivity index (χ2n) is 7.56. The first-order valence-electron chi connectivity index (χ1n) is 10.8. The summed E-state index contributed by atoms with van der Waals surface area (Å²) in [5.41, 5.74) is -1.51. The zero-order valence-corrected chi connectivity index (χ0v) is 21.2. The molecular formula is C18H32N2O13P2. The molecule has 0 saturated carbocycles. The fourth-order valence-electron chi connectivity index (χ4n) is 3.20. The van der Waals surface area contributed by atoms with Crippen molar-refractivity contribution in [3.05, 3.63) is 33.1 Å². The number of aliphatic hydroxyl groups excluding tert-OH is 1. The van der Waals surface area contributed by atoms with Crippen LogP contribution in [0.25, 0.3) is 0 Å². The number of nitrogens with one attached hydrogen (secondary N) is 1. The van der Waals surface area contributed by atoms with Gasteiger partial charge >= 0.3 is 21.1 Å². The Balaban J connectivity index is 2.25. The standard InChI is InChI=1S/C18H32N2O13P2/c1-3-9-29-12-34(24,25)31-11-13-15(33-35(26,27)30-10-5-4-8-21)16(28-2)17(32-13)20-7-6-14(22)19-18(20)23/h6-7,13,15-17,21H,3-5,8-12H2,1-2H3,(H,24,25)(H,26,27)(H,19,22,23)/t13-,15?,16-,17-/m1/s1. The van der Waals surface area contributed by atoms with E-state index in [4.69, 9.17) is 32.9 Å². The molecule has 0 bridgehead atoms. The van der Waals surface area contributed by atoms with Crippen LogP contribution < -0.4 is 11.2 Å². The molecule has 1 aromatic heterocycles. The summed E-state index contributed by atoms with van der Waals surface area (Å²) in [5.74, 6) is 0. The molecular weight excluding hydrogens is 514 g/mol. The van der Waals surface area contributed by atoms with Crippen molar-refractivity contribution >= 4 is 15.4 Å². The second kappa shape index (κ2) is 13.9. The third kappa shape index (κ3) is 9.30. The lowest BCUT2D eigenvalue weighted by atomic mass is 10.1. The van der Waals surface area contributed by atoms with Crippen molar-refractivity contribution < 1.29 is 51.8 Å². The smallest absolute Gasteiger partial charge is 0.396 e. The van der Waals surface area contributed by atoms with E-state index >= 15 is 0 Å². The van der Waals surface area contributed by atoms with Gasteiger partial charge in [-0.15, -0.1) is 0 Å². The van der Waals surface area contributed by atoms with Crippen molar-refractivity contribution in [1.82, 2.24) is 9.55 Å². The summed E-state index contributed by atoms with van der Waals surface area (Å²) in [5, 5.41) is 8.83. The Labute approximate surface area is 201 Å². The van der Waals surface area contributed by atoms with Crippen LogP contribution >= 0.6 is 15.4 Å². The maximum Gasteiger partial charge on any atom is 0.472 e. The fraction of sp³-hybridized carbons (Fsp3) is 0.778. The quantitative estimate of drug-likeness (QED) is 0.163. The molecule has 1 aliphatic rings. The summed E-state index contributed by atoms with van der Waals surface area (Å²) in [7, 11) is -7.67. The highest BCUT2D eigenvalue weighted by molar-refractivity contribution is 7.52. The van der Waals surface area contributed by atoms with Crippen LogP contribution in [0.3, 0.4) is 0 Å². The Morgan fingerprint density at radius 1 is 1.14 bits per heavy atom. The lowest BCUT2D eigenvalue weighted by Crippen LogP contribution is -2.40. The molecule has 1 aliphatic heterocycles. The predicted molar refractivity (Wildman–Crippen MR) is 120 cm³/mol. The minimum Gasteiger partial charge on any atom is -0.396 e. The van der Waals surface area contributed by atoms with Gasteiger partial charge in [-0.2, -0.15) is 0 Å². The van der Waals surface area contributed by atoms with Crippen LogP contribution in [0.15, 0.2) is 21.9 Å². The lowest BCUT2D eigenvalue weighted by molar-refractivity contribution is -0.0612. The second-order valence-corrected chi connectivity index (χ2v) is 10.8. The average molecular weight is 546 g/mol. The first-order valence-corrected chi connectivity index (χ1v) is 14.1. The number of phosphoric acid groups is 1. The van der Waals surface area contributed by atoms with Crippen molar-refractivity contribution in [1.29, 1.82) is 0 Å². The van der Waals surface area contributed by atoms with Gasteiger partial charge in [-0.1, -0.05) is 6.92 Å². The number of unbranched alkanes of at least 4 members (excludes halogenated alkanes) is 1. The molecule has 3 unspecified atom stereocenters. The number of hydrogen-bond donors (Lipinski definition) is 4.